The Labute approximate surface area is 197 Å². The van der Waals surface area contributed by atoms with Crippen molar-refractivity contribution >= 4 is 34.9 Å². The summed E-state index contributed by atoms with van der Waals surface area (Å²) >= 11 is 1.16. The molecule has 178 valence electrons. The molecule has 0 N–H and O–H groups in total. The van der Waals surface area contributed by atoms with Gasteiger partial charge in [0.25, 0.3) is 0 Å². The number of amides is 1. The van der Waals surface area contributed by atoms with Gasteiger partial charge in [-0.05, 0) is 62.8 Å². The standard InChI is InChI=1S/C25H30FNO5S/c1-14(2)27(24(29)19-10-9-15(3)11-21(19)32-16(4)28)20-13-22(33-23(20)25(30)31-5)17-7-6-8-18(26)12-17/h6-8,12-15,19,21H,9-11H2,1-5H3. The zero-order valence-corrected chi connectivity index (χ0v) is 20.4. The van der Waals surface area contributed by atoms with E-state index < -0.39 is 24.0 Å². The molecule has 1 aromatic heterocycles. The average molecular weight is 476 g/mol. The van der Waals surface area contributed by atoms with E-state index in [-0.39, 0.29) is 22.6 Å². The summed E-state index contributed by atoms with van der Waals surface area (Å²) < 4.78 is 24.3. The third kappa shape index (κ3) is 5.61. The first-order valence-electron chi connectivity index (χ1n) is 11.1. The fourth-order valence-corrected chi connectivity index (χ4v) is 5.43. The lowest BCUT2D eigenvalue weighted by Crippen LogP contribution is -2.48. The second-order valence-electron chi connectivity index (χ2n) is 8.80. The van der Waals surface area contributed by atoms with Gasteiger partial charge in [0.1, 0.15) is 16.8 Å². The van der Waals surface area contributed by atoms with Crippen molar-refractivity contribution in [1.29, 1.82) is 0 Å². The second-order valence-corrected chi connectivity index (χ2v) is 9.85. The Bertz CT molecular complexity index is 1030. The molecule has 3 unspecified atom stereocenters. The van der Waals surface area contributed by atoms with Crippen molar-refractivity contribution in [1.82, 2.24) is 0 Å². The first-order chi connectivity index (χ1) is 15.6. The predicted octanol–water partition coefficient (Wildman–Crippen LogP) is 5.45. The van der Waals surface area contributed by atoms with E-state index >= 15 is 0 Å². The summed E-state index contributed by atoms with van der Waals surface area (Å²) in [5.41, 5.74) is 1.03. The Kier molecular flexibility index (Phi) is 7.89. The van der Waals surface area contributed by atoms with Crippen LogP contribution in [0.1, 0.15) is 56.6 Å². The van der Waals surface area contributed by atoms with Gasteiger partial charge in [0.15, 0.2) is 0 Å². The van der Waals surface area contributed by atoms with Crippen molar-refractivity contribution in [3.63, 3.8) is 0 Å². The zero-order valence-electron chi connectivity index (χ0n) is 19.6. The quantitative estimate of drug-likeness (QED) is 0.520. The number of carbonyl (C=O) groups is 3. The van der Waals surface area contributed by atoms with E-state index in [9.17, 15) is 18.8 Å². The van der Waals surface area contributed by atoms with Crippen LogP contribution in [0, 0.1) is 17.7 Å². The minimum Gasteiger partial charge on any atom is -0.465 e. The maximum Gasteiger partial charge on any atom is 0.350 e. The molecule has 1 amide bonds. The van der Waals surface area contributed by atoms with Crippen LogP contribution in [0.2, 0.25) is 0 Å². The fraction of sp³-hybridized carbons (Fsp3) is 0.480. The van der Waals surface area contributed by atoms with E-state index in [2.05, 4.69) is 6.92 Å². The lowest BCUT2D eigenvalue weighted by Gasteiger charge is -2.37. The van der Waals surface area contributed by atoms with Crippen molar-refractivity contribution in [2.24, 2.45) is 11.8 Å². The van der Waals surface area contributed by atoms with Gasteiger partial charge >= 0.3 is 11.9 Å². The maximum atomic E-state index is 13.8. The number of rotatable bonds is 6. The molecule has 33 heavy (non-hydrogen) atoms. The maximum absolute atomic E-state index is 13.8. The first-order valence-corrected chi connectivity index (χ1v) is 11.9. The summed E-state index contributed by atoms with van der Waals surface area (Å²) in [5.74, 6) is -1.73. The molecule has 1 saturated carbocycles. The smallest absolute Gasteiger partial charge is 0.350 e. The van der Waals surface area contributed by atoms with E-state index in [0.717, 1.165) is 17.8 Å². The van der Waals surface area contributed by atoms with Gasteiger partial charge in [-0.2, -0.15) is 0 Å². The summed E-state index contributed by atoms with van der Waals surface area (Å²) in [6.45, 7) is 7.16. The molecule has 6 nitrogen and oxygen atoms in total. The summed E-state index contributed by atoms with van der Waals surface area (Å²) in [5, 5.41) is 0. The third-order valence-electron chi connectivity index (χ3n) is 5.89. The number of nitrogens with zero attached hydrogens (tertiary/aromatic N) is 1. The van der Waals surface area contributed by atoms with Gasteiger partial charge in [0.2, 0.25) is 5.91 Å². The number of benzene rings is 1. The van der Waals surface area contributed by atoms with E-state index in [0.29, 0.717) is 34.9 Å². The van der Waals surface area contributed by atoms with Gasteiger partial charge in [0, 0.05) is 17.8 Å². The van der Waals surface area contributed by atoms with Crippen LogP contribution in [0.4, 0.5) is 10.1 Å². The van der Waals surface area contributed by atoms with Gasteiger partial charge in [-0.15, -0.1) is 11.3 Å². The normalized spacial score (nSPS) is 20.4. The molecule has 0 radical (unpaired) electrons. The molecule has 1 aromatic carbocycles. The lowest BCUT2D eigenvalue weighted by molar-refractivity contribution is -0.154. The van der Waals surface area contributed by atoms with Crippen LogP contribution >= 0.6 is 11.3 Å². The Hall–Kier alpha value is -2.74. The largest absolute Gasteiger partial charge is 0.465 e. The van der Waals surface area contributed by atoms with Crippen LogP contribution in [0.5, 0.6) is 0 Å². The number of thiophene rings is 1. The average Bonchev–Trinajstić information content (AvgIpc) is 3.17. The predicted molar refractivity (Wildman–Crippen MR) is 126 cm³/mol. The van der Waals surface area contributed by atoms with Crippen molar-refractivity contribution in [2.75, 3.05) is 12.0 Å². The van der Waals surface area contributed by atoms with Crippen molar-refractivity contribution in [3.8, 4) is 10.4 Å². The lowest BCUT2D eigenvalue weighted by atomic mass is 9.79. The van der Waals surface area contributed by atoms with Crippen LogP contribution in [0.3, 0.4) is 0 Å². The van der Waals surface area contributed by atoms with Gasteiger partial charge in [-0.25, -0.2) is 9.18 Å². The van der Waals surface area contributed by atoms with E-state index in [4.69, 9.17) is 9.47 Å². The third-order valence-corrected chi connectivity index (χ3v) is 7.05. The molecule has 1 fully saturated rings. The molecule has 0 bridgehead atoms. The SMILES string of the molecule is COC(=O)c1sc(-c2cccc(F)c2)cc1N(C(=O)C1CCC(C)CC1OC(C)=O)C(C)C. The summed E-state index contributed by atoms with van der Waals surface area (Å²) in [7, 11) is 1.29. The Morgan fingerprint density at radius 1 is 1.18 bits per heavy atom. The number of halogens is 1. The molecule has 3 rings (SSSR count). The van der Waals surface area contributed by atoms with Crippen LogP contribution < -0.4 is 4.90 Å². The van der Waals surface area contributed by atoms with Crippen LogP contribution in [-0.2, 0) is 19.1 Å². The van der Waals surface area contributed by atoms with Gasteiger partial charge < -0.3 is 14.4 Å². The molecule has 0 spiro atoms. The number of hydrogen-bond donors (Lipinski definition) is 0. The van der Waals surface area contributed by atoms with Gasteiger partial charge in [0.05, 0.1) is 18.7 Å². The Morgan fingerprint density at radius 2 is 1.91 bits per heavy atom. The topological polar surface area (TPSA) is 72.9 Å². The second kappa shape index (κ2) is 10.5. The fourth-order valence-electron chi connectivity index (χ4n) is 4.37. The highest BCUT2D eigenvalue weighted by Gasteiger charge is 2.40. The van der Waals surface area contributed by atoms with Gasteiger partial charge in [-0.3, -0.25) is 9.59 Å². The highest BCUT2D eigenvalue weighted by molar-refractivity contribution is 7.18. The number of anilines is 1. The molecule has 0 saturated heterocycles. The molecule has 1 aliphatic rings. The van der Waals surface area contributed by atoms with Crippen LogP contribution in [-0.4, -0.2) is 37.1 Å². The monoisotopic (exact) mass is 475 g/mol. The van der Waals surface area contributed by atoms with Crippen molar-refractivity contribution < 1.29 is 28.2 Å². The van der Waals surface area contributed by atoms with Crippen LogP contribution in [0.15, 0.2) is 30.3 Å². The minimum absolute atomic E-state index is 0.197. The zero-order chi connectivity index (χ0) is 24.3. The number of ether oxygens (including phenoxy) is 2. The minimum atomic E-state index is -0.565. The van der Waals surface area contributed by atoms with Crippen LogP contribution in [0.25, 0.3) is 10.4 Å². The highest BCUT2D eigenvalue weighted by atomic mass is 32.1. The molecule has 2 aromatic rings. The van der Waals surface area contributed by atoms with E-state index in [1.807, 2.05) is 13.8 Å². The number of hydrogen-bond acceptors (Lipinski definition) is 6. The molecule has 1 heterocycles. The Balaban J connectivity index is 2.05. The van der Waals surface area contributed by atoms with E-state index in [1.165, 1.54) is 26.2 Å². The molecule has 1 aliphatic carbocycles. The van der Waals surface area contributed by atoms with E-state index in [1.54, 1.807) is 23.1 Å². The van der Waals surface area contributed by atoms with Crippen molar-refractivity contribution in [3.05, 3.63) is 41.0 Å². The number of esters is 2. The molecular formula is C25H30FNO5S. The molecule has 3 atom stereocenters. The Morgan fingerprint density at radius 3 is 2.52 bits per heavy atom. The first kappa shape index (κ1) is 24.9. The molecular weight excluding hydrogens is 445 g/mol. The summed E-state index contributed by atoms with van der Waals surface area (Å²) in [6, 6.07) is 7.55. The van der Waals surface area contributed by atoms with Crippen molar-refractivity contribution in [2.45, 2.75) is 59.1 Å². The summed E-state index contributed by atoms with van der Waals surface area (Å²) in [4.78, 5) is 40.7. The van der Waals surface area contributed by atoms with Gasteiger partial charge in [-0.1, -0.05) is 19.1 Å². The molecule has 8 heteroatoms. The number of methoxy groups -OCH3 is 1. The molecule has 0 aliphatic heterocycles. The summed E-state index contributed by atoms with van der Waals surface area (Å²) in [6.07, 6.45) is 1.55. The highest BCUT2D eigenvalue weighted by Crippen LogP contribution is 2.40. The number of carbonyl (C=O) groups excluding carboxylic acids is 3.